The number of hydrogen-bond donors (Lipinski definition) is 1. The van der Waals surface area contributed by atoms with Gasteiger partial charge in [-0.25, -0.2) is 0 Å². The zero-order valence-electron chi connectivity index (χ0n) is 13.6. The molecule has 1 heteroatoms. The summed E-state index contributed by atoms with van der Waals surface area (Å²) in [7, 11) is 0. The van der Waals surface area contributed by atoms with Crippen molar-refractivity contribution in [1.82, 2.24) is 0 Å². The van der Waals surface area contributed by atoms with Crippen LogP contribution in [0.4, 0.5) is 0 Å². The summed E-state index contributed by atoms with van der Waals surface area (Å²) in [5.41, 5.74) is 0.470. The Morgan fingerprint density at radius 1 is 1.06 bits per heavy atom. The highest BCUT2D eigenvalue weighted by Gasteiger charge is 2.28. The highest BCUT2D eigenvalue weighted by atomic mass is 16.3. The normalized spacial score (nSPS) is 28.5. The first-order valence-corrected chi connectivity index (χ1v) is 8.02. The van der Waals surface area contributed by atoms with E-state index < -0.39 is 0 Å². The lowest BCUT2D eigenvalue weighted by Crippen LogP contribution is -2.29. The van der Waals surface area contributed by atoms with Gasteiger partial charge in [0.15, 0.2) is 0 Å². The molecule has 1 aliphatic carbocycles. The van der Waals surface area contributed by atoms with Crippen LogP contribution < -0.4 is 0 Å². The molecule has 1 fully saturated rings. The Bertz CT molecular complexity index is 192. The number of rotatable bonds is 3. The first kappa shape index (κ1) is 18.0. The lowest BCUT2D eigenvalue weighted by molar-refractivity contribution is 0.0421. The van der Waals surface area contributed by atoms with E-state index in [2.05, 4.69) is 41.5 Å². The smallest absolute Gasteiger partial charge is 0.0568 e. The lowest BCUT2D eigenvalue weighted by Gasteiger charge is -2.34. The van der Waals surface area contributed by atoms with E-state index in [0.29, 0.717) is 11.3 Å². The zero-order chi connectivity index (χ0) is 14.2. The molecule has 0 aromatic carbocycles. The Morgan fingerprint density at radius 3 is 2.06 bits per heavy atom. The van der Waals surface area contributed by atoms with Crippen LogP contribution in [-0.2, 0) is 0 Å². The number of aliphatic hydroxyl groups is 1. The van der Waals surface area contributed by atoms with Gasteiger partial charge in [0.25, 0.3) is 0 Å². The summed E-state index contributed by atoms with van der Waals surface area (Å²) in [4.78, 5) is 0. The van der Waals surface area contributed by atoms with Crippen molar-refractivity contribution >= 4 is 0 Å². The van der Waals surface area contributed by atoms with E-state index in [9.17, 15) is 5.11 Å². The summed E-state index contributed by atoms with van der Waals surface area (Å²) in [6.45, 7) is 13.4. The summed E-state index contributed by atoms with van der Waals surface area (Å²) in [5, 5.41) is 9.81. The fraction of sp³-hybridized carbons (Fsp3) is 1.00. The second-order valence-electron chi connectivity index (χ2n) is 7.22. The molecule has 0 spiro atoms. The van der Waals surface area contributed by atoms with Gasteiger partial charge in [-0.2, -0.15) is 0 Å². The van der Waals surface area contributed by atoms with E-state index in [-0.39, 0.29) is 6.10 Å². The fourth-order valence-electron chi connectivity index (χ4n) is 2.68. The maximum absolute atomic E-state index is 9.81. The van der Waals surface area contributed by atoms with Gasteiger partial charge in [-0.15, -0.1) is 0 Å². The van der Waals surface area contributed by atoms with Crippen LogP contribution in [0.1, 0.15) is 86.5 Å². The van der Waals surface area contributed by atoms with E-state index >= 15 is 0 Å². The van der Waals surface area contributed by atoms with Crippen molar-refractivity contribution < 1.29 is 5.11 Å². The van der Waals surface area contributed by atoms with Crippen molar-refractivity contribution in [2.24, 2.45) is 17.3 Å². The molecule has 0 radical (unpaired) electrons. The standard InChI is InChI=1S/C14H28O.C3H8/c1-5-12-10-11(6-7-13(12)15)8-9-14(2,3)4;1-3-2/h11-13,15H,5-10H2,1-4H3;3H2,1-2H3. The van der Waals surface area contributed by atoms with E-state index in [4.69, 9.17) is 0 Å². The third-order valence-corrected chi connectivity index (χ3v) is 3.88. The highest BCUT2D eigenvalue weighted by molar-refractivity contribution is 4.80. The quantitative estimate of drug-likeness (QED) is 0.715. The molecule has 1 aliphatic rings. The average molecular weight is 256 g/mol. The molecule has 0 aromatic heterocycles. The topological polar surface area (TPSA) is 20.2 Å². The van der Waals surface area contributed by atoms with Gasteiger partial charge in [0.2, 0.25) is 0 Å². The average Bonchev–Trinajstić information content (AvgIpc) is 2.28. The molecule has 0 saturated heterocycles. The molecule has 110 valence electrons. The van der Waals surface area contributed by atoms with Crippen LogP contribution in [-0.4, -0.2) is 11.2 Å². The van der Waals surface area contributed by atoms with Gasteiger partial charge in [0.1, 0.15) is 0 Å². The SMILES string of the molecule is CCC.CCC1CC(CCC(C)(C)C)CCC1O. The minimum absolute atomic E-state index is 0.0131. The Kier molecular flexibility index (Phi) is 8.94. The summed E-state index contributed by atoms with van der Waals surface area (Å²) < 4.78 is 0. The van der Waals surface area contributed by atoms with Crippen LogP contribution in [0.5, 0.6) is 0 Å². The first-order valence-electron chi connectivity index (χ1n) is 8.02. The largest absolute Gasteiger partial charge is 0.393 e. The Balaban J connectivity index is 0.000000873. The molecule has 3 atom stereocenters. The fourth-order valence-corrected chi connectivity index (χ4v) is 2.68. The van der Waals surface area contributed by atoms with Crippen molar-refractivity contribution in [3.05, 3.63) is 0 Å². The van der Waals surface area contributed by atoms with Crippen molar-refractivity contribution in [2.75, 3.05) is 0 Å². The number of hydrogen-bond acceptors (Lipinski definition) is 1. The summed E-state index contributed by atoms with van der Waals surface area (Å²) in [6.07, 6.45) is 8.60. The van der Waals surface area contributed by atoms with E-state index in [1.54, 1.807) is 0 Å². The third-order valence-electron chi connectivity index (χ3n) is 3.88. The lowest BCUT2D eigenvalue weighted by atomic mass is 9.74. The first-order chi connectivity index (χ1) is 8.34. The minimum Gasteiger partial charge on any atom is -0.393 e. The number of aliphatic hydroxyl groups excluding tert-OH is 1. The molecule has 1 rings (SSSR count). The van der Waals surface area contributed by atoms with Gasteiger partial charge in [0, 0.05) is 0 Å². The van der Waals surface area contributed by atoms with E-state index in [1.807, 2.05) is 0 Å². The van der Waals surface area contributed by atoms with Crippen LogP contribution in [0, 0.1) is 17.3 Å². The van der Waals surface area contributed by atoms with Crippen LogP contribution in [0.15, 0.2) is 0 Å². The maximum Gasteiger partial charge on any atom is 0.0568 e. The summed E-state index contributed by atoms with van der Waals surface area (Å²) >= 11 is 0. The molecule has 0 aliphatic heterocycles. The zero-order valence-corrected chi connectivity index (χ0v) is 13.6. The van der Waals surface area contributed by atoms with Crippen molar-refractivity contribution in [3.8, 4) is 0 Å². The second-order valence-corrected chi connectivity index (χ2v) is 7.22. The molecule has 0 aromatic rings. The van der Waals surface area contributed by atoms with Gasteiger partial charge in [-0.1, -0.05) is 54.4 Å². The Morgan fingerprint density at radius 2 is 1.61 bits per heavy atom. The van der Waals surface area contributed by atoms with Gasteiger partial charge in [0.05, 0.1) is 6.10 Å². The van der Waals surface area contributed by atoms with E-state index in [1.165, 1.54) is 32.1 Å². The molecule has 1 nitrogen and oxygen atoms in total. The predicted octanol–water partition coefficient (Wildman–Crippen LogP) is 5.42. The van der Waals surface area contributed by atoms with Gasteiger partial charge >= 0.3 is 0 Å². The predicted molar refractivity (Wildman–Crippen MR) is 81.8 cm³/mol. The highest BCUT2D eigenvalue weighted by Crippen LogP contribution is 2.36. The van der Waals surface area contributed by atoms with Crippen molar-refractivity contribution in [3.63, 3.8) is 0 Å². The molecular weight excluding hydrogens is 220 g/mol. The molecule has 1 N–H and O–H groups in total. The summed E-state index contributed by atoms with van der Waals surface area (Å²) in [5.74, 6) is 1.45. The molecule has 3 unspecified atom stereocenters. The van der Waals surface area contributed by atoms with Gasteiger partial charge in [-0.05, 0) is 49.4 Å². The molecule has 0 heterocycles. The van der Waals surface area contributed by atoms with Crippen LogP contribution >= 0.6 is 0 Å². The minimum atomic E-state index is -0.0131. The molecule has 1 saturated carbocycles. The van der Waals surface area contributed by atoms with Crippen LogP contribution in [0.2, 0.25) is 0 Å². The van der Waals surface area contributed by atoms with E-state index in [0.717, 1.165) is 18.8 Å². The molecule has 0 bridgehead atoms. The van der Waals surface area contributed by atoms with Crippen LogP contribution in [0.3, 0.4) is 0 Å². The second kappa shape index (κ2) is 8.96. The van der Waals surface area contributed by atoms with Crippen molar-refractivity contribution in [1.29, 1.82) is 0 Å². The Hall–Kier alpha value is -0.0400. The Labute approximate surface area is 115 Å². The van der Waals surface area contributed by atoms with Crippen LogP contribution in [0.25, 0.3) is 0 Å². The maximum atomic E-state index is 9.81. The summed E-state index contributed by atoms with van der Waals surface area (Å²) in [6, 6.07) is 0. The monoisotopic (exact) mass is 256 g/mol. The molecule has 18 heavy (non-hydrogen) atoms. The van der Waals surface area contributed by atoms with Gasteiger partial charge < -0.3 is 5.11 Å². The molecular formula is C17H36O. The van der Waals surface area contributed by atoms with Gasteiger partial charge in [-0.3, -0.25) is 0 Å². The van der Waals surface area contributed by atoms with Crippen molar-refractivity contribution in [2.45, 2.75) is 92.6 Å². The molecule has 0 amide bonds. The third kappa shape index (κ3) is 8.13.